The molecule has 0 aromatic carbocycles. The number of fused-ring (bicyclic) bond motifs is 1. The lowest BCUT2D eigenvalue weighted by atomic mass is 10.1. The summed E-state index contributed by atoms with van der Waals surface area (Å²) in [7, 11) is 1.46. The van der Waals surface area contributed by atoms with E-state index in [1.807, 2.05) is 0 Å². The van der Waals surface area contributed by atoms with E-state index >= 15 is 0 Å². The molecule has 4 N–H and O–H groups in total. The molecule has 0 spiro atoms. The fourth-order valence-electron chi connectivity index (χ4n) is 2.40. The van der Waals surface area contributed by atoms with Crippen molar-refractivity contribution in [3.05, 3.63) is 12.7 Å². The Morgan fingerprint density at radius 2 is 2.25 bits per heavy atom. The van der Waals surface area contributed by atoms with Gasteiger partial charge >= 0.3 is 0 Å². The van der Waals surface area contributed by atoms with Crippen LogP contribution in [0.5, 0.6) is 0 Å². The lowest BCUT2D eigenvalue weighted by Gasteiger charge is -2.19. The molecule has 3 rings (SSSR count). The zero-order valence-corrected chi connectivity index (χ0v) is 10.7. The maximum Gasteiger partial charge on any atom is 0.167 e. The number of methoxy groups -OCH3 is 1. The maximum atomic E-state index is 10.0. The summed E-state index contributed by atoms with van der Waals surface area (Å²) in [6, 6.07) is 0. The van der Waals surface area contributed by atoms with E-state index in [-0.39, 0.29) is 12.4 Å². The molecule has 3 heterocycles. The average molecular weight is 281 g/mol. The predicted molar refractivity (Wildman–Crippen MR) is 67.5 cm³/mol. The highest BCUT2D eigenvalue weighted by atomic mass is 16.6. The van der Waals surface area contributed by atoms with Crippen LogP contribution in [0.2, 0.25) is 0 Å². The van der Waals surface area contributed by atoms with Crippen LogP contribution in [0.3, 0.4) is 0 Å². The summed E-state index contributed by atoms with van der Waals surface area (Å²) in [4.78, 5) is 12.1. The molecule has 108 valence electrons. The van der Waals surface area contributed by atoms with Crippen LogP contribution in [0.4, 0.5) is 5.82 Å². The molecule has 20 heavy (non-hydrogen) atoms. The van der Waals surface area contributed by atoms with Crippen molar-refractivity contribution >= 4 is 17.0 Å². The second kappa shape index (κ2) is 4.94. The quantitative estimate of drug-likeness (QED) is 0.631. The third-order valence-electron chi connectivity index (χ3n) is 3.43. The third-order valence-corrected chi connectivity index (χ3v) is 3.43. The number of aliphatic hydroxyl groups excluding tert-OH is 2. The Kier molecular flexibility index (Phi) is 3.26. The van der Waals surface area contributed by atoms with Gasteiger partial charge in [0.25, 0.3) is 0 Å². The minimum Gasteiger partial charge on any atom is -0.394 e. The minimum atomic E-state index is -0.938. The van der Waals surface area contributed by atoms with Gasteiger partial charge in [0.2, 0.25) is 0 Å². The molecule has 2 unspecified atom stereocenters. The molecular weight excluding hydrogens is 266 g/mol. The van der Waals surface area contributed by atoms with Crippen LogP contribution in [0.15, 0.2) is 12.7 Å². The first-order valence-corrected chi connectivity index (χ1v) is 6.07. The number of anilines is 1. The molecule has 1 aliphatic rings. The fourth-order valence-corrected chi connectivity index (χ4v) is 2.40. The van der Waals surface area contributed by atoms with Crippen molar-refractivity contribution in [1.82, 2.24) is 19.5 Å². The van der Waals surface area contributed by atoms with E-state index in [1.165, 1.54) is 19.8 Å². The number of rotatable bonds is 3. The number of ether oxygens (including phenoxy) is 2. The van der Waals surface area contributed by atoms with Gasteiger partial charge in [0.15, 0.2) is 17.7 Å². The highest BCUT2D eigenvalue weighted by Crippen LogP contribution is 2.33. The molecule has 1 saturated heterocycles. The summed E-state index contributed by atoms with van der Waals surface area (Å²) in [6.07, 6.45) is -0.119. The van der Waals surface area contributed by atoms with Gasteiger partial charge in [-0.15, -0.1) is 0 Å². The number of hydrogen-bond acceptors (Lipinski definition) is 8. The predicted octanol–water partition coefficient (Wildman–Crippen LogP) is -1.33. The van der Waals surface area contributed by atoms with Gasteiger partial charge in [-0.3, -0.25) is 4.57 Å². The second-order valence-corrected chi connectivity index (χ2v) is 4.52. The van der Waals surface area contributed by atoms with Crippen LogP contribution in [0.1, 0.15) is 6.23 Å². The molecule has 0 aliphatic carbocycles. The number of nitrogen functional groups attached to an aromatic ring is 1. The van der Waals surface area contributed by atoms with Gasteiger partial charge in [0.1, 0.15) is 30.2 Å². The Hall–Kier alpha value is -1.81. The van der Waals surface area contributed by atoms with Crippen molar-refractivity contribution in [2.45, 2.75) is 24.5 Å². The van der Waals surface area contributed by atoms with Crippen LogP contribution in [-0.4, -0.2) is 61.8 Å². The molecule has 0 amide bonds. The van der Waals surface area contributed by atoms with Crippen LogP contribution < -0.4 is 5.73 Å². The van der Waals surface area contributed by atoms with Crippen molar-refractivity contribution in [2.24, 2.45) is 0 Å². The molecule has 0 radical (unpaired) electrons. The average Bonchev–Trinajstić information content (AvgIpc) is 3.00. The van der Waals surface area contributed by atoms with Gasteiger partial charge in [-0.05, 0) is 0 Å². The van der Waals surface area contributed by atoms with Gasteiger partial charge in [0, 0.05) is 7.11 Å². The molecule has 9 nitrogen and oxygen atoms in total. The zero-order valence-electron chi connectivity index (χ0n) is 10.7. The number of nitrogens with two attached hydrogens (primary N) is 1. The second-order valence-electron chi connectivity index (χ2n) is 4.52. The Labute approximate surface area is 114 Å². The summed E-state index contributed by atoms with van der Waals surface area (Å²) in [5, 5.41) is 19.3. The van der Waals surface area contributed by atoms with Gasteiger partial charge in [-0.2, -0.15) is 0 Å². The van der Waals surface area contributed by atoms with Crippen molar-refractivity contribution in [2.75, 3.05) is 19.5 Å². The molecular formula is C11H15N5O4. The fraction of sp³-hybridized carbons (Fsp3) is 0.545. The van der Waals surface area contributed by atoms with E-state index in [9.17, 15) is 10.2 Å². The Morgan fingerprint density at radius 1 is 1.45 bits per heavy atom. The molecule has 2 aromatic rings. The number of nitrogens with zero attached hydrogens (tertiary/aromatic N) is 4. The lowest BCUT2D eigenvalue weighted by Crippen LogP contribution is -2.34. The summed E-state index contributed by atoms with van der Waals surface area (Å²) >= 11 is 0. The van der Waals surface area contributed by atoms with Crippen molar-refractivity contribution in [3.8, 4) is 0 Å². The zero-order chi connectivity index (χ0) is 14.3. The van der Waals surface area contributed by atoms with E-state index in [1.54, 1.807) is 4.57 Å². The standard InChI is InChI=1S/C11H15N5O4/c1-19-8-7(18)5(2-17)20-11(8)16-4-15-6-9(12)13-3-14-10(6)16/h3-5,7-8,11,17-18H,2H2,1H3,(H2,12,13,14)/t5?,7-,8-,11?/m1/s1. The van der Waals surface area contributed by atoms with Crippen molar-refractivity contribution in [1.29, 1.82) is 0 Å². The first kappa shape index (κ1) is 13.2. The summed E-state index contributed by atoms with van der Waals surface area (Å²) in [5.74, 6) is 0.264. The number of imidazole rings is 1. The van der Waals surface area contributed by atoms with E-state index < -0.39 is 24.5 Å². The van der Waals surface area contributed by atoms with E-state index in [0.717, 1.165) is 0 Å². The Bertz CT molecular complexity index is 618. The smallest absolute Gasteiger partial charge is 0.167 e. The number of hydrogen-bond donors (Lipinski definition) is 3. The van der Waals surface area contributed by atoms with Gasteiger partial charge in [-0.1, -0.05) is 0 Å². The molecule has 1 aliphatic heterocycles. The summed E-state index contributed by atoms with van der Waals surface area (Å²) < 4.78 is 12.5. The van der Waals surface area contributed by atoms with E-state index in [0.29, 0.717) is 11.2 Å². The van der Waals surface area contributed by atoms with Crippen LogP contribution in [0.25, 0.3) is 11.2 Å². The van der Waals surface area contributed by atoms with Gasteiger partial charge in [0.05, 0.1) is 12.9 Å². The van der Waals surface area contributed by atoms with Crippen LogP contribution in [0, 0.1) is 0 Å². The summed E-state index contributed by atoms with van der Waals surface area (Å²) in [6.45, 7) is -0.304. The summed E-state index contributed by atoms with van der Waals surface area (Å²) in [5.41, 5.74) is 6.66. The highest BCUT2D eigenvalue weighted by molar-refractivity contribution is 5.81. The van der Waals surface area contributed by atoms with Crippen LogP contribution >= 0.6 is 0 Å². The first-order chi connectivity index (χ1) is 9.67. The molecule has 0 saturated carbocycles. The lowest BCUT2D eigenvalue weighted by molar-refractivity contribution is -0.0583. The Morgan fingerprint density at radius 3 is 2.95 bits per heavy atom. The number of aliphatic hydroxyl groups is 2. The molecule has 4 atom stereocenters. The highest BCUT2D eigenvalue weighted by Gasteiger charge is 2.45. The van der Waals surface area contributed by atoms with Crippen molar-refractivity contribution < 1.29 is 19.7 Å². The molecule has 0 bridgehead atoms. The van der Waals surface area contributed by atoms with Crippen LogP contribution in [-0.2, 0) is 9.47 Å². The van der Waals surface area contributed by atoms with Gasteiger partial charge < -0.3 is 25.4 Å². The van der Waals surface area contributed by atoms with Gasteiger partial charge in [-0.25, -0.2) is 15.0 Å². The Balaban J connectivity index is 2.04. The van der Waals surface area contributed by atoms with E-state index in [2.05, 4.69) is 15.0 Å². The maximum absolute atomic E-state index is 10.0. The number of aromatic nitrogens is 4. The topological polar surface area (TPSA) is 129 Å². The SMILES string of the molecule is CO[C@H]1C(n2cnc3c(N)ncnc32)OC(CO)[C@H]1O. The molecule has 9 heteroatoms. The normalized spacial score (nSPS) is 30.1. The molecule has 1 fully saturated rings. The molecule has 2 aromatic heterocycles. The largest absolute Gasteiger partial charge is 0.394 e. The minimum absolute atomic E-state index is 0.264. The third kappa shape index (κ3) is 1.83. The first-order valence-electron chi connectivity index (χ1n) is 6.07. The monoisotopic (exact) mass is 281 g/mol. The van der Waals surface area contributed by atoms with Crippen molar-refractivity contribution in [3.63, 3.8) is 0 Å². The van der Waals surface area contributed by atoms with E-state index in [4.69, 9.17) is 15.2 Å².